The molecule has 1 heterocycles. The lowest BCUT2D eigenvalue weighted by molar-refractivity contribution is -0.118. The van der Waals surface area contributed by atoms with Crippen LogP contribution in [0.3, 0.4) is 0 Å². The number of hydrogen-bond donors (Lipinski definition) is 1. The van der Waals surface area contributed by atoms with Gasteiger partial charge < -0.3 is 9.47 Å². The SMILES string of the molecule is CCOC(=O)c1ccc(OCC(=O)Nc2nccs2)cc1. The van der Waals surface area contributed by atoms with Crippen LogP contribution in [-0.2, 0) is 9.53 Å². The summed E-state index contributed by atoms with van der Waals surface area (Å²) in [5.41, 5.74) is 0.441. The number of thiazole rings is 1. The number of nitrogens with zero attached hydrogens (tertiary/aromatic N) is 1. The number of rotatable bonds is 6. The van der Waals surface area contributed by atoms with Crippen LogP contribution >= 0.6 is 11.3 Å². The molecule has 6 nitrogen and oxygen atoms in total. The van der Waals surface area contributed by atoms with Gasteiger partial charge in [0.25, 0.3) is 5.91 Å². The largest absolute Gasteiger partial charge is 0.484 e. The summed E-state index contributed by atoms with van der Waals surface area (Å²) in [6, 6.07) is 6.41. The van der Waals surface area contributed by atoms with Crippen molar-refractivity contribution in [1.82, 2.24) is 4.98 Å². The van der Waals surface area contributed by atoms with Gasteiger partial charge in [0.2, 0.25) is 0 Å². The Hall–Kier alpha value is -2.41. The zero-order chi connectivity index (χ0) is 15.1. The highest BCUT2D eigenvalue weighted by Gasteiger charge is 2.08. The molecule has 7 heteroatoms. The Labute approximate surface area is 125 Å². The summed E-state index contributed by atoms with van der Waals surface area (Å²) in [4.78, 5) is 27.0. The lowest BCUT2D eigenvalue weighted by Crippen LogP contribution is -2.20. The molecule has 0 unspecified atom stereocenters. The van der Waals surface area contributed by atoms with E-state index in [1.54, 1.807) is 42.8 Å². The first-order valence-corrected chi connectivity index (χ1v) is 7.16. The quantitative estimate of drug-likeness (QED) is 0.829. The van der Waals surface area contributed by atoms with Crippen LogP contribution in [0.15, 0.2) is 35.8 Å². The highest BCUT2D eigenvalue weighted by molar-refractivity contribution is 7.13. The molecule has 0 aliphatic rings. The molecule has 110 valence electrons. The summed E-state index contributed by atoms with van der Waals surface area (Å²) in [5, 5.41) is 4.91. The number of carbonyl (C=O) groups is 2. The third-order valence-electron chi connectivity index (χ3n) is 2.41. The topological polar surface area (TPSA) is 77.5 Å². The number of nitrogens with one attached hydrogen (secondary N) is 1. The second-order valence-corrected chi connectivity index (χ2v) is 4.81. The van der Waals surface area contributed by atoms with Gasteiger partial charge in [-0.3, -0.25) is 10.1 Å². The highest BCUT2D eigenvalue weighted by Crippen LogP contribution is 2.14. The fraction of sp³-hybridized carbons (Fsp3) is 0.214. The third kappa shape index (κ3) is 4.57. The molecular weight excluding hydrogens is 292 g/mol. The Bertz CT molecular complexity index is 596. The Kier molecular flexibility index (Phi) is 5.28. The summed E-state index contributed by atoms with van der Waals surface area (Å²) in [7, 11) is 0. The fourth-order valence-electron chi connectivity index (χ4n) is 1.49. The molecule has 0 atom stereocenters. The summed E-state index contributed by atoms with van der Waals surface area (Å²) >= 11 is 1.33. The lowest BCUT2D eigenvalue weighted by Gasteiger charge is -2.06. The third-order valence-corrected chi connectivity index (χ3v) is 3.10. The van der Waals surface area contributed by atoms with Crippen LogP contribution in [-0.4, -0.2) is 30.1 Å². The molecule has 0 fully saturated rings. The van der Waals surface area contributed by atoms with Gasteiger partial charge in [-0.2, -0.15) is 0 Å². The fourth-order valence-corrected chi connectivity index (χ4v) is 2.04. The number of anilines is 1. The van der Waals surface area contributed by atoms with Crippen LogP contribution in [0.2, 0.25) is 0 Å². The van der Waals surface area contributed by atoms with E-state index in [1.165, 1.54) is 11.3 Å². The number of hydrogen-bond acceptors (Lipinski definition) is 6. The van der Waals surface area contributed by atoms with Crippen molar-refractivity contribution in [2.24, 2.45) is 0 Å². The van der Waals surface area contributed by atoms with E-state index in [1.807, 2.05) is 0 Å². The number of amides is 1. The molecule has 0 aliphatic heterocycles. The van der Waals surface area contributed by atoms with Gasteiger partial charge in [-0.25, -0.2) is 9.78 Å². The van der Waals surface area contributed by atoms with Gasteiger partial charge >= 0.3 is 5.97 Å². The van der Waals surface area contributed by atoms with Gasteiger partial charge in [-0.05, 0) is 31.2 Å². The van der Waals surface area contributed by atoms with Crippen LogP contribution in [0.5, 0.6) is 5.75 Å². The van der Waals surface area contributed by atoms with E-state index < -0.39 is 0 Å². The predicted octanol–water partition coefficient (Wildman–Crippen LogP) is 2.34. The van der Waals surface area contributed by atoms with Crippen molar-refractivity contribution >= 4 is 28.3 Å². The van der Waals surface area contributed by atoms with Crippen molar-refractivity contribution in [3.8, 4) is 5.75 Å². The first kappa shape index (κ1) is 15.0. The van der Waals surface area contributed by atoms with Crippen molar-refractivity contribution in [1.29, 1.82) is 0 Å². The van der Waals surface area contributed by atoms with Crippen LogP contribution in [0, 0.1) is 0 Å². The van der Waals surface area contributed by atoms with Crippen molar-refractivity contribution in [2.45, 2.75) is 6.92 Å². The van der Waals surface area contributed by atoms with Gasteiger partial charge in [0.15, 0.2) is 11.7 Å². The van der Waals surface area contributed by atoms with Crippen molar-refractivity contribution < 1.29 is 19.1 Å². The molecule has 1 aromatic heterocycles. The second-order valence-electron chi connectivity index (χ2n) is 3.92. The first-order valence-electron chi connectivity index (χ1n) is 6.28. The molecular formula is C14H14N2O4S. The Balaban J connectivity index is 1.83. The molecule has 0 saturated carbocycles. The van der Waals surface area contributed by atoms with E-state index in [4.69, 9.17) is 9.47 Å². The first-order chi connectivity index (χ1) is 10.2. The molecule has 1 N–H and O–H groups in total. The maximum Gasteiger partial charge on any atom is 0.338 e. The average molecular weight is 306 g/mol. The minimum Gasteiger partial charge on any atom is -0.484 e. The van der Waals surface area contributed by atoms with E-state index in [0.717, 1.165) is 0 Å². The Morgan fingerprint density at radius 1 is 1.29 bits per heavy atom. The zero-order valence-corrected chi connectivity index (χ0v) is 12.2. The van der Waals surface area contributed by atoms with Gasteiger partial charge in [-0.1, -0.05) is 0 Å². The van der Waals surface area contributed by atoms with Gasteiger partial charge in [-0.15, -0.1) is 11.3 Å². The monoisotopic (exact) mass is 306 g/mol. The molecule has 0 spiro atoms. The van der Waals surface area contributed by atoms with Crippen LogP contribution in [0.25, 0.3) is 0 Å². The number of ether oxygens (including phenoxy) is 2. The van der Waals surface area contributed by atoms with Crippen LogP contribution < -0.4 is 10.1 Å². The van der Waals surface area contributed by atoms with Crippen LogP contribution in [0.4, 0.5) is 5.13 Å². The molecule has 0 radical (unpaired) electrons. The van der Waals surface area contributed by atoms with Crippen molar-refractivity contribution in [2.75, 3.05) is 18.5 Å². The molecule has 0 aliphatic carbocycles. The summed E-state index contributed by atoms with van der Waals surface area (Å²) in [6.07, 6.45) is 1.61. The molecule has 2 aromatic rings. The molecule has 21 heavy (non-hydrogen) atoms. The molecule has 0 bridgehead atoms. The van der Waals surface area contributed by atoms with Gasteiger partial charge in [0, 0.05) is 11.6 Å². The van der Waals surface area contributed by atoms with Gasteiger partial charge in [0.05, 0.1) is 12.2 Å². The number of esters is 1. The second kappa shape index (κ2) is 7.39. The van der Waals surface area contributed by atoms with Crippen LogP contribution in [0.1, 0.15) is 17.3 Å². The summed E-state index contributed by atoms with van der Waals surface area (Å²) < 4.78 is 10.2. The Morgan fingerprint density at radius 3 is 2.67 bits per heavy atom. The summed E-state index contributed by atoms with van der Waals surface area (Å²) in [5.74, 6) is -0.178. The minimum absolute atomic E-state index is 0.127. The normalized spacial score (nSPS) is 9.95. The Morgan fingerprint density at radius 2 is 2.05 bits per heavy atom. The highest BCUT2D eigenvalue weighted by atomic mass is 32.1. The van der Waals surface area contributed by atoms with E-state index in [0.29, 0.717) is 23.1 Å². The zero-order valence-electron chi connectivity index (χ0n) is 11.4. The predicted molar refractivity (Wildman–Crippen MR) is 78.6 cm³/mol. The molecule has 0 saturated heterocycles. The minimum atomic E-state index is -0.384. The van der Waals surface area contributed by atoms with Crippen molar-refractivity contribution in [3.05, 3.63) is 41.4 Å². The van der Waals surface area contributed by atoms with Crippen molar-refractivity contribution in [3.63, 3.8) is 0 Å². The maximum atomic E-state index is 11.6. The van der Waals surface area contributed by atoms with Gasteiger partial charge in [0.1, 0.15) is 5.75 Å². The van der Waals surface area contributed by atoms with E-state index in [-0.39, 0.29) is 18.5 Å². The number of benzene rings is 1. The number of carbonyl (C=O) groups excluding carboxylic acids is 2. The van der Waals surface area contributed by atoms with E-state index in [2.05, 4.69) is 10.3 Å². The maximum absolute atomic E-state index is 11.6. The molecule has 1 amide bonds. The molecule has 1 aromatic carbocycles. The number of aromatic nitrogens is 1. The lowest BCUT2D eigenvalue weighted by atomic mass is 10.2. The summed E-state index contributed by atoms with van der Waals surface area (Å²) in [6.45, 7) is 1.95. The smallest absolute Gasteiger partial charge is 0.338 e. The average Bonchev–Trinajstić information content (AvgIpc) is 2.99. The van der Waals surface area contributed by atoms with E-state index >= 15 is 0 Å². The van der Waals surface area contributed by atoms with E-state index in [9.17, 15) is 9.59 Å². The standard InChI is InChI=1S/C14H14N2O4S/c1-2-19-13(18)10-3-5-11(6-4-10)20-9-12(17)16-14-15-7-8-21-14/h3-8H,2,9H2,1H3,(H,15,16,17). The molecule has 2 rings (SSSR count).